The van der Waals surface area contributed by atoms with E-state index in [1.54, 1.807) is 10.8 Å². The van der Waals surface area contributed by atoms with Gasteiger partial charge in [0.25, 0.3) is 0 Å². The Kier molecular flexibility index (Phi) is 3.62. The SMILES string of the molecule is CC(C)(C)OC(=O)n1ccc2ccc(CCN)cc21. The van der Waals surface area contributed by atoms with Gasteiger partial charge in [0.1, 0.15) is 5.60 Å². The van der Waals surface area contributed by atoms with Gasteiger partial charge >= 0.3 is 6.09 Å². The first kappa shape index (κ1) is 13.6. The summed E-state index contributed by atoms with van der Waals surface area (Å²) in [4.78, 5) is 12.1. The minimum Gasteiger partial charge on any atom is -0.443 e. The summed E-state index contributed by atoms with van der Waals surface area (Å²) in [7, 11) is 0. The maximum Gasteiger partial charge on any atom is 0.418 e. The van der Waals surface area contributed by atoms with Crippen LogP contribution < -0.4 is 5.73 Å². The first-order valence-corrected chi connectivity index (χ1v) is 6.44. The summed E-state index contributed by atoms with van der Waals surface area (Å²) in [5, 5.41) is 1.02. The van der Waals surface area contributed by atoms with Gasteiger partial charge in [0.05, 0.1) is 5.52 Å². The lowest BCUT2D eigenvalue weighted by molar-refractivity contribution is 0.0544. The molecule has 1 heterocycles. The van der Waals surface area contributed by atoms with Gasteiger partial charge in [-0.1, -0.05) is 12.1 Å². The van der Waals surface area contributed by atoms with Gasteiger partial charge in [0, 0.05) is 11.6 Å². The number of fused-ring (bicyclic) bond motifs is 1. The number of rotatable bonds is 2. The number of hydrogen-bond donors (Lipinski definition) is 1. The number of carbonyl (C=O) groups is 1. The van der Waals surface area contributed by atoms with Crippen LogP contribution in [-0.2, 0) is 11.2 Å². The number of carbonyl (C=O) groups excluding carboxylic acids is 1. The normalized spacial score (nSPS) is 11.8. The Bertz CT molecular complexity index is 594. The molecule has 1 aromatic heterocycles. The highest BCUT2D eigenvalue weighted by molar-refractivity contribution is 5.89. The van der Waals surface area contributed by atoms with Crippen molar-refractivity contribution in [3.8, 4) is 0 Å². The molecule has 2 N–H and O–H groups in total. The van der Waals surface area contributed by atoms with Crippen LogP contribution in [0.1, 0.15) is 26.3 Å². The molecule has 102 valence electrons. The van der Waals surface area contributed by atoms with Crippen LogP contribution in [0.25, 0.3) is 10.9 Å². The summed E-state index contributed by atoms with van der Waals surface area (Å²) >= 11 is 0. The van der Waals surface area contributed by atoms with E-state index < -0.39 is 5.60 Å². The van der Waals surface area contributed by atoms with E-state index in [0.29, 0.717) is 6.54 Å². The second-order valence-electron chi connectivity index (χ2n) is 5.60. The first-order valence-electron chi connectivity index (χ1n) is 6.44. The van der Waals surface area contributed by atoms with Crippen LogP contribution in [0.3, 0.4) is 0 Å². The molecule has 4 heteroatoms. The summed E-state index contributed by atoms with van der Waals surface area (Å²) < 4.78 is 6.93. The van der Waals surface area contributed by atoms with Crippen molar-refractivity contribution in [2.45, 2.75) is 32.8 Å². The van der Waals surface area contributed by atoms with E-state index in [1.165, 1.54) is 0 Å². The van der Waals surface area contributed by atoms with Crippen LogP contribution in [-0.4, -0.2) is 22.8 Å². The molecule has 0 unspecified atom stereocenters. The van der Waals surface area contributed by atoms with Crippen LogP contribution in [0.5, 0.6) is 0 Å². The predicted octanol–water partition coefficient (Wildman–Crippen LogP) is 2.93. The van der Waals surface area contributed by atoms with Crippen molar-refractivity contribution < 1.29 is 9.53 Å². The molecule has 2 rings (SSSR count). The molecule has 0 spiro atoms. The van der Waals surface area contributed by atoms with Crippen molar-refractivity contribution in [3.05, 3.63) is 36.0 Å². The Hall–Kier alpha value is -1.81. The summed E-state index contributed by atoms with van der Waals surface area (Å²) in [5.74, 6) is 0. The molecule has 2 aromatic rings. The fourth-order valence-electron chi connectivity index (χ4n) is 1.97. The second-order valence-corrected chi connectivity index (χ2v) is 5.60. The van der Waals surface area contributed by atoms with Gasteiger partial charge in [0.2, 0.25) is 0 Å². The molecule has 0 saturated heterocycles. The molecule has 0 radical (unpaired) electrons. The van der Waals surface area contributed by atoms with E-state index in [9.17, 15) is 4.79 Å². The van der Waals surface area contributed by atoms with Crippen LogP contribution >= 0.6 is 0 Å². The fourth-order valence-corrected chi connectivity index (χ4v) is 1.97. The molecular weight excluding hydrogens is 240 g/mol. The van der Waals surface area contributed by atoms with Crippen LogP contribution in [0.2, 0.25) is 0 Å². The van der Waals surface area contributed by atoms with Crippen molar-refractivity contribution in [2.24, 2.45) is 5.73 Å². The average Bonchev–Trinajstić information content (AvgIpc) is 2.70. The van der Waals surface area contributed by atoms with Crippen molar-refractivity contribution in [2.75, 3.05) is 6.54 Å². The summed E-state index contributed by atoms with van der Waals surface area (Å²) in [5.41, 5.74) is 7.05. The molecule has 0 atom stereocenters. The van der Waals surface area contributed by atoms with Crippen molar-refractivity contribution in [3.63, 3.8) is 0 Å². The van der Waals surface area contributed by atoms with E-state index in [1.807, 2.05) is 45.0 Å². The van der Waals surface area contributed by atoms with Crippen molar-refractivity contribution in [1.82, 2.24) is 4.57 Å². The predicted molar refractivity (Wildman–Crippen MR) is 76.3 cm³/mol. The topological polar surface area (TPSA) is 57.2 Å². The molecule has 0 bridgehead atoms. The molecule has 0 amide bonds. The largest absolute Gasteiger partial charge is 0.443 e. The quantitative estimate of drug-likeness (QED) is 0.903. The second kappa shape index (κ2) is 5.05. The zero-order chi connectivity index (χ0) is 14.0. The highest BCUT2D eigenvalue weighted by Gasteiger charge is 2.18. The summed E-state index contributed by atoms with van der Waals surface area (Å²) in [6, 6.07) is 7.94. The Morgan fingerprint density at radius 1 is 1.32 bits per heavy atom. The van der Waals surface area contributed by atoms with Gasteiger partial charge in [-0.25, -0.2) is 4.79 Å². The van der Waals surface area contributed by atoms with Gasteiger partial charge in [-0.3, -0.25) is 4.57 Å². The minimum absolute atomic E-state index is 0.354. The lowest BCUT2D eigenvalue weighted by Gasteiger charge is -2.19. The number of benzene rings is 1. The third-order valence-corrected chi connectivity index (χ3v) is 2.78. The van der Waals surface area contributed by atoms with Crippen LogP contribution in [0.15, 0.2) is 30.5 Å². The van der Waals surface area contributed by atoms with Gasteiger partial charge in [-0.05, 0) is 51.4 Å². The van der Waals surface area contributed by atoms with Gasteiger partial charge < -0.3 is 10.5 Å². The molecule has 1 aromatic carbocycles. The molecule has 0 aliphatic rings. The standard InChI is InChI=1S/C15H20N2O2/c1-15(2,3)19-14(18)17-9-7-12-5-4-11(6-8-16)10-13(12)17/h4-5,7,9-10H,6,8,16H2,1-3H3. The lowest BCUT2D eigenvalue weighted by Crippen LogP contribution is -2.26. The van der Waals surface area contributed by atoms with Gasteiger partial charge in [-0.15, -0.1) is 0 Å². The Balaban J connectivity index is 2.38. The Morgan fingerprint density at radius 2 is 2.05 bits per heavy atom. The van der Waals surface area contributed by atoms with E-state index in [-0.39, 0.29) is 6.09 Å². The number of ether oxygens (including phenoxy) is 1. The number of nitrogens with two attached hydrogens (primary N) is 1. The van der Waals surface area contributed by atoms with Crippen molar-refractivity contribution in [1.29, 1.82) is 0 Å². The summed E-state index contributed by atoms with van der Waals surface area (Å²) in [6.45, 7) is 6.17. The van der Waals surface area contributed by atoms with Crippen LogP contribution in [0, 0.1) is 0 Å². The smallest absolute Gasteiger partial charge is 0.418 e. The molecular formula is C15H20N2O2. The van der Waals surface area contributed by atoms with E-state index >= 15 is 0 Å². The fraction of sp³-hybridized carbons (Fsp3) is 0.400. The minimum atomic E-state index is -0.497. The monoisotopic (exact) mass is 260 g/mol. The van der Waals surface area contributed by atoms with E-state index in [0.717, 1.165) is 22.9 Å². The highest BCUT2D eigenvalue weighted by atomic mass is 16.6. The zero-order valence-corrected chi connectivity index (χ0v) is 11.6. The Labute approximate surface area is 113 Å². The lowest BCUT2D eigenvalue weighted by atomic mass is 10.1. The molecule has 4 nitrogen and oxygen atoms in total. The maximum absolute atomic E-state index is 12.1. The average molecular weight is 260 g/mol. The van der Waals surface area contributed by atoms with Gasteiger partial charge in [0.15, 0.2) is 0 Å². The molecule has 0 aliphatic heterocycles. The molecule has 19 heavy (non-hydrogen) atoms. The zero-order valence-electron chi connectivity index (χ0n) is 11.6. The Morgan fingerprint density at radius 3 is 2.68 bits per heavy atom. The maximum atomic E-state index is 12.1. The third-order valence-electron chi connectivity index (χ3n) is 2.78. The summed E-state index contributed by atoms with van der Waals surface area (Å²) in [6.07, 6.45) is 2.19. The molecule has 0 aliphatic carbocycles. The van der Waals surface area contributed by atoms with Gasteiger partial charge in [-0.2, -0.15) is 0 Å². The van der Waals surface area contributed by atoms with Crippen molar-refractivity contribution >= 4 is 17.0 Å². The first-order chi connectivity index (χ1) is 8.90. The molecule has 0 fully saturated rings. The highest BCUT2D eigenvalue weighted by Crippen LogP contribution is 2.19. The van der Waals surface area contributed by atoms with Crippen LogP contribution in [0.4, 0.5) is 4.79 Å². The number of hydrogen-bond acceptors (Lipinski definition) is 3. The number of aromatic nitrogens is 1. The van der Waals surface area contributed by atoms with E-state index in [4.69, 9.17) is 10.5 Å². The van der Waals surface area contributed by atoms with E-state index in [2.05, 4.69) is 0 Å². The third kappa shape index (κ3) is 3.15. The molecule has 0 saturated carbocycles. The number of nitrogens with zero attached hydrogens (tertiary/aromatic N) is 1.